The molecule has 2 N–H and O–H groups in total. The van der Waals surface area contributed by atoms with Crippen molar-refractivity contribution in [3.8, 4) is 0 Å². The monoisotopic (exact) mass is 247 g/mol. The van der Waals surface area contributed by atoms with Crippen molar-refractivity contribution < 1.29 is 4.74 Å². The molecule has 1 aromatic carbocycles. The lowest BCUT2D eigenvalue weighted by atomic mass is 10.3. The molecule has 0 aliphatic rings. The van der Waals surface area contributed by atoms with Crippen LogP contribution in [0.4, 0.5) is 5.95 Å². The second-order valence-corrected chi connectivity index (χ2v) is 4.74. The Labute approximate surface area is 108 Å². The highest BCUT2D eigenvalue weighted by Gasteiger charge is 2.06. The predicted molar refractivity (Wildman–Crippen MR) is 74.5 cm³/mol. The van der Waals surface area contributed by atoms with E-state index in [4.69, 9.17) is 10.5 Å². The number of ether oxygens (including phenoxy) is 1. The van der Waals surface area contributed by atoms with Crippen LogP contribution in [0.15, 0.2) is 24.3 Å². The van der Waals surface area contributed by atoms with Crippen LogP contribution in [-0.2, 0) is 11.3 Å². The maximum Gasteiger partial charge on any atom is 0.201 e. The number of para-hydroxylation sites is 2. The minimum Gasteiger partial charge on any atom is -0.379 e. The molecule has 0 radical (unpaired) electrons. The van der Waals surface area contributed by atoms with Crippen molar-refractivity contribution in [1.29, 1.82) is 0 Å². The number of unbranched alkanes of at least 4 members (excludes halogenated alkanes) is 1. The maximum absolute atomic E-state index is 5.94. The second kappa shape index (κ2) is 5.87. The Hall–Kier alpha value is -1.55. The van der Waals surface area contributed by atoms with E-state index in [1.54, 1.807) is 0 Å². The number of aromatic nitrogens is 2. The molecule has 0 atom stereocenters. The molecule has 0 fully saturated rings. The van der Waals surface area contributed by atoms with Crippen LogP contribution in [-0.4, -0.2) is 22.3 Å². The molecule has 2 rings (SSSR count). The first-order chi connectivity index (χ1) is 8.68. The summed E-state index contributed by atoms with van der Waals surface area (Å²) in [7, 11) is 0. The van der Waals surface area contributed by atoms with Gasteiger partial charge in [0.2, 0.25) is 5.95 Å². The van der Waals surface area contributed by atoms with Crippen molar-refractivity contribution in [3.05, 3.63) is 24.3 Å². The number of nitrogen functional groups attached to an aromatic ring is 1. The van der Waals surface area contributed by atoms with Gasteiger partial charge in [0.05, 0.1) is 17.1 Å². The molecule has 0 bridgehead atoms. The molecule has 2 aromatic rings. The molecular formula is C14H21N3O. The van der Waals surface area contributed by atoms with E-state index in [1.807, 2.05) is 18.2 Å². The molecule has 4 heteroatoms. The van der Waals surface area contributed by atoms with E-state index in [1.165, 1.54) is 0 Å². The van der Waals surface area contributed by atoms with Crippen LogP contribution in [0.2, 0.25) is 0 Å². The molecule has 0 aliphatic carbocycles. The lowest BCUT2D eigenvalue weighted by Gasteiger charge is -2.08. The number of rotatable bonds is 6. The minimum atomic E-state index is 0.309. The minimum absolute atomic E-state index is 0.309. The van der Waals surface area contributed by atoms with E-state index in [-0.39, 0.29) is 0 Å². The van der Waals surface area contributed by atoms with Crippen LogP contribution in [0, 0.1) is 0 Å². The average Bonchev–Trinajstić information content (AvgIpc) is 2.65. The van der Waals surface area contributed by atoms with Gasteiger partial charge in [-0.25, -0.2) is 4.98 Å². The molecule has 18 heavy (non-hydrogen) atoms. The van der Waals surface area contributed by atoms with Crippen LogP contribution >= 0.6 is 0 Å². The number of nitrogens with zero attached hydrogens (tertiary/aromatic N) is 2. The number of fused-ring (bicyclic) bond motifs is 1. The summed E-state index contributed by atoms with van der Waals surface area (Å²) in [5.74, 6) is 0.598. The SMILES string of the molecule is CC(C)OCCCCn1c(N)nc2ccccc21. The number of benzene rings is 1. The van der Waals surface area contributed by atoms with Crippen molar-refractivity contribution in [2.75, 3.05) is 12.3 Å². The van der Waals surface area contributed by atoms with Crippen molar-refractivity contribution in [1.82, 2.24) is 9.55 Å². The summed E-state index contributed by atoms with van der Waals surface area (Å²) in [6, 6.07) is 8.05. The smallest absolute Gasteiger partial charge is 0.201 e. The van der Waals surface area contributed by atoms with Crippen molar-refractivity contribution >= 4 is 17.0 Å². The van der Waals surface area contributed by atoms with E-state index in [0.717, 1.165) is 37.0 Å². The number of imidazole rings is 1. The Balaban J connectivity index is 1.93. The number of hydrogen-bond donors (Lipinski definition) is 1. The highest BCUT2D eigenvalue weighted by molar-refractivity contribution is 5.78. The topological polar surface area (TPSA) is 53.1 Å². The zero-order chi connectivity index (χ0) is 13.0. The lowest BCUT2D eigenvalue weighted by Crippen LogP contribution is -2.07. The molecule has 0 aliphatic heterocycles. The summed E-state index contributed by atoms with van der Waals surface area (Å²) < 4.78 is 7.60. The lowest BCUT2D eigenvalue weighted by molar-refractivity contribution is 0.0755. The summed E-state index contributed by atoms with van der Waals surface area (Å²) in [6.07, 6.45) is 2.41. The van der Waals surface area contributed by atoms with Crippen LogP contribution in [0.3, 0.4) is 0 Å². The van der Waals surface area contributed by atoms with Gasteiger partial charge in [0.15, 0.2) is 0 Å². The third kappa shape index (κ3) is 3.01. The van der Waals surface area contributed by atoms with Gasteiger partial charge >= 0.3 is 0 Å². The van der Waals surface area contributed by atoms with Gasteiger partial charge in [0.1, 0.15) is 0 Å². The summed E-state index contributed by atoms with van der Waals surface area (Å²) >= 11 is 0. The molecule has 0 spiro atoms. The summed E-state index contributed by atoms with van der Waals surface area (Å²) in [6.45, 7) is 5.82. The Bertz CT molecular complexity index is 505. The van der Waals surface area contributed by atoms with Crippen molar-refractivity contribution in [3.63, 3.8) is 0 Å². The maximum atomic E-state index is 5.94. The number of hydrogen-bond acceptors (Lipinski definition) is 3. The van der Waals surface area contributed by atoms with E-state index in [2.05, 4.69) is 29.5 Å². The Morgan fingerprint density at radius 3 is 2.83 bits per heavy atom. The fourth-order valence-electron chi connectivity index (χ4n) is 2.02. The summed E-state index contributed by atoms with van der Waals surface area (Å²) in [5.41, 5.74) is 8.01. The molecule has 4 nitrogen and oxygen atoms in total. The largest absolute Gasteiger partial charge is 0.379 e. The molecule has 0 unspecified atom stereocenters. The molecule has 0 amide bonds. The van der Waals surface area contributed by atoms with Gasteiger partial charge in [-0.15, -0.1) is 0 Å². The normalized spacial score (nSPS) is 11.5. The first-order valence-electron chi connectivity index (χ1n) is 6.51. The van der Waals surface area contributed by atoms with Gasteiger partial charge in [0.25, 0.3) is 0 Å². The van der Waals surface area contributed by atoms with Gasteiger partial charge in [-0.2, -0.15) is 0 Å². The predicted octanol–water partition coefficient (Wildman–Crippen LogP) is 2.82. The standard InChI is InChI=1S/C14H21N3O/c1-11(2)18-10-6-5-9-17-13-8-4-3-7-12(13)16-14(17)15/h3-4,7-8,11H,5-6,9-10H2,1-2H3,(H2,15,16). The number of anilines is 1. The fraction of sp³-hybridized carbons (Fsp3) is 0.500. The molecule has 0 saturated heterocycles. The third-order valence-corrected chi connectivity index (χ3v) is 2.91. The van der Waals surface area contributed by atoms with Gasteiger partial charge in [-0.3, -0.25) is 0 Å². The fourth-order valence-corrected chi connectivity index (χ4v) is 2.02. The van der Waals surface area contributed by atoms with Gasteiger partial charge in [-0.05, 0) is 38.8 Å². The molecule has 0 saturated carbocycles. The van der Waals surface area contributed by atoms with Gasteiger partial charge in [-0.1, -0.05) is 12.1 Å². The first kappa shape index (κ1) is 12.9. The highest BCUT2D eigenvalue weighted by atomic mass is 16.5. The number of aryl methyl sites for hydroxylation is 1. The van der Waals surface area contributed by atoms with Crippen molar-refractivity contribution in [2.24, 2.45) is 0 Å². The quantitative estimate of drug-likeness (QED) is 0.799. The highest BCUT2D eigenvalue weighted by Crippen LogP contribution is 2.17. The van der Waals surface area contributed by atoms with Crippen LogP contribution in [0.1, 0.15) is 26.7 Å². The van der Waals surface area contributed by atoms with E-state index >= 15 is 0 Å². The van der Waals surface area contributed by atoms with Crippen LogP contribution < -0.4 is 5.73 Å². The van der Waals surface area contributed by atoms with Gasteiger partial charge in [0, 0.05) is 13.2 Å². The Kier molecular flexibility index (Phi) is 4.20. The summed E-state index contributed by atoms with van der Waals surface area (Å²) in [5, 5.41) is 0. The van der Waals surface area contributed by atoms with Crippen LogP contribution in [0.5, 0.6) is 0 Å². The third-order valence-electron chi connectivity index (χ3n) is 2.91. The summed E-state index contributed by atoms with van der Waals surface area (Å²) in [4.78, 5) is 4.35. The van der Waals surface area contributed by atoms with E-state index in [0.29, 0.717) is 12.1 Å². The van der Waals surface area contributed by atoms with Gasteiger partial charge < -0.3 is 15.0 Å². The van der Waals surface area contributed by atoms with E-state index in [9.17, 15) is 0 Å². The zero-order valence-corrected chi connectivity index (χ0v) is 11.1. The molecule has 1 aromatic heterocycles. The molecule has 98 valence electrons. The Morgan fingerprint density at radius 2 is 2.06 bits per heavy atom. The zero-order valence-electron chi connectivity index (χ0n) is 11.1. The number of nitrogens with two attached hydrogens (primary N) is 1. The molecule has 1 heterocycles. The van der Waals surface area contributed by atoms with Crippen LogP contribution in [0.25, 0.3) is 11.0 Å². The first-order valence-corrected chi connectivity index (χ1v) is 6.51. The molecular weight excluding hydrogens is 226 g/mol. The Morgan fingerprint density at radius 1 is 1.28 bits per heavy atom. The average molecular weight is 247 g/mol. The van der Waals surface area contributed by atoms with Crippen molar-refractivity contribution in [2.45, 2.75) is 39.3 Å². The second-order valence-electron chi connectivity index (χ2n) is 4.74. The van der Waals surface area contributed by atoms with E-state index < -0.39 is 0 Å².